The number of nitrogens with zero attached hydrogens (tertiary/aromatic N) is 3. The summed E-state index contributed by atoms with van der Waals surface area (Å²) in [4.78, 5) is 12.7. The summed E-state index contributed by atoms with van der Waals surface area (Å²) in [6.07, 6.45) is 8.14. The van der Waals surface area contributed by atoms with Gasteiger partial charge in [0, 0.05) is 32.2 Å². The lowest BCUT2D eigenvalue weighted by molar-refractivity contribution is -0.0352. The molecule has 2 aliphatic rings. The van der Waals surface area contributed by atoms with Gasteiger partial charge >= 0.3 is 0 Å². The second kappa shape index (κ2) is 9.73. The molecule has 0 spiro atoms. The quantitative estimate of drug-likeness (QED) is 0.556. The molecule has 1 aliphatic carbocycles. The molecule has 2 N–H and O–H groups in total. The minimum Gasteiger partial charge on any atom is -0.443 e. The fraction of sp³-hybridized carbons (Fsp3) is 0.619. The number of hydrogen-bond donors (Lipinski definition) is 2. The van der Waals surface area contributed by atoms with E-state index < -0.39 is 0 Å². The van der Waals surface area contributed by atoms with Crippen LogP contribution in [0.2, 0.25) is 0 Å². The summed E-state index contributed by atoms with van der Waals surface area (Å²) in [7, 11) is 1.82. The maximum atomic E-state index is 5.61. The number of thiophene rings is 1. The second-order valence-corrected chi connectivity index (χ2v) is 8.73. The Morgan fingerprint density at radius 2 is 2.07 bits per heavy atom. The molecular formula is C21H31N5O2S. The highest BCUT2D eigenvalue weighted by atomic mass is 32.1. The molecular weight excluding hydrogens is 386 g/mol. The highest BCUT2D eigenvalue weighted by molar-refractivity contribution is 7.13. The number of rotatable bonds is 6. The van der Waals surface area contributed by atoms with Crippen LogP contribution < -0.4 is 10.6 Å². The smallest absolute Gasteiger partial charge is 0.236 e. The molecule has 29 heavy (non-hydrogen) atoms. The number of hydrogen-bond acceptors (Lipinski definition) is 6. The van der Waals surface area contributed by atoms with E-state index in [2.05, 4.69) is 25.5 Å². The van der Waals surface area contributed by atoms with Crippen LogP contribution in [0.15, 0.2) is 33.2 Å². The number of morpholine rings is 1. The molecule has 2 fully saturated rings. The third kappa shape index (κ3) is 4.99. The molecule has 1 aliphatic heterocycles. The van der Waals surface area contributed by atoms with E-state index in [4.69, 9.17) is 9.15 Å². The fourth-order valence-electron chi connectivity index (χ4n) is 4.40. The standard InChI is InChI=1S/C21H31N5O2S/c1-22-20(23-14-17-15-28-19(25-17)18-6-5-13-29-18)24-16-21(7-3-2-4-8-21)26-9-11-27-12-10-26/h5-6,13,15H,2-4,7-12,14,16H2,1H3,(H2,22,23,24). The van der Waals surface area contributed by atoms with Crippen molar-refractivity contribution in [1.29, 1.82) is 0 Å². The molecule has 0 amide bonds. The van der Waals surface area contributed by atoms with Crippen molar-refractivity contribution in [1.82, 2.24) is 20.5 Å². The molecule has 2 aromatic heterocycles. The van der Waals surface area contributed by atoms with E-state index in [1.54, 1.807) is 17.6 Å². The van der Waals surface area contributed by atoms with E-state index in [9.17, 15) is 0 Å². The number of aromatic nitrogens is 1. The highest BCUT2D eigenvalue weighted by Gasteiger charge is 2.38. The maximum Gasteiger partial charge on any atom is 0.236 e. The molecule has 3 heterocycles. The van der Waals surface area contributed by atoms with Crippen molar-refractivity contribution in [2.45, 2.75) is 44.2 Å². The summed E-state index contributed by atoms with van der Waals surface area (Å²) in [6, 6.07) is 4.02. The number of nitrogens with one attached hydrogen (secondary N) is 2. The predicted molar refractivity (Wildman–Crippen MR) is 116 cm³/mol. The first kappa shape index (κ1) is 20.4. The third-order valence-corrected chi connectivity index (χ3v) is 6.85. The van der Waals surface area contributed by atoms with Gasteiger partial charge < -0.3 is 19.8 Å². The first-order valence-corrected chi connectivity index (χ1v) is 11.4. The Kier molecular flexibility index (Phi) is 6.84. The monoisotopic (exact) mass is 417 g/mol. The van der Waals surface area contributed by atoms with E-state index in [0.29, 0.717) is 12.4 Å². The molecule has 0 radical (unpaired) electrons. The van der Waals surface area contributed by atoms with Gasteiger partial charge in [-0.1, -0.05) is 25.3 Å². The summed E-state index contributed by atoms with van der Waals surface area (Å²) in [5.41, 5.74) is 1.08. The Morgan fingerprint density at radius 1 is 1.24 bits per heavy atom. The summed E-state index contributed by atoms with van der Waals surface area (Å²) in [5, 5.41) is 8.99. The molecule has 158 valence electrons. The van der Waals surface area contributed by atoms with Gasteiger partial charge in [-0.3, -0.25) is 9.89 Å². The zero-order valence-corrected chi connectivity index (χ0v) is 18.0. The lowest BCUT2D eigenvalue weighted by atomic mass is 9.80. The summed E-state index contributed by atoms with van der Waals surface area (Å²) < 4.78 is 11.2. The SMILES string of the molecule is CN=C(NCc1coc(-c2cccs2)n1)NCC1(N2CCOCC2)CCCCC1. The van der Waals surface area contributed by atoms with Gasteiger partial charge in [-0.2, -0.15) is 0 Å². The van der Waals surface area contributed by atoms with Crippen LogP contribution in [0.4, 0.5) is 0 Å². The van der Waals surface area contributed by atoms with Gasteiger partial charge in [0.15, 0.2) is 5.96 Å². The molecule has 4 rings (SSSR count). The van der Waals surface area contributed by atoms with E-state index in [1.165, 1.54) is 32.1 Å². The molecule has 8 heteroatoms. The van der Waals surface area contributed by atoms with Crippen LogP contribution in [0.3, 0.4) is 0 Å². The average molecular weight is 418 g/mol. The predicted octanol–water partition coefficient (Wildman–Crippen LogP) is 3.10. The van der Waals surface area contributed by atoms with E-state index in [0.717, 1.165) is 49.4 Å². The van der Waals surface area contributed by atoms with Gasteiger partial charge in [0.05, 0.1) is 30.3 Å². The summed E-state index contributed by atoms with van der Waals surface area (Å²) in [5.74, 6) is 1.48. The Labute approximate surface area is 176 Å². The van der Waals surface area contributed by atoms with Gasteiger partial charge in [-0.05, 0) is 24.3 Å². The molecule has 0 bridgehead atoms. The highest BCUT2D eigenvalue weighted by Crippen LogP contribution is 2.33. The molecule has 7 nitrogen and oxygen atoms in total. The Hall–Kier alpha value is -1.90. The topological polar surface area (TPSA) is 74.9 Å². The van der Waals surface area contributed by atoms with Crippen LogP contribution in [0, 0.1) is 0 Å². The van der Waals surface area contributed by atoms with Gasteiger partial charge in [-0.25, -0.2) is 4.98 Å². The Morgan fingerprint density at radius 3 is 2.79 bits per heavy atom. The fourth-order valence-corrected chi connectivity index (χ4v) is 5.05. The number of ether oxygens (including phenoxy) is 1. The van der Waals surface area contributed by atoms with Crippen molar-refractivity contribution < 1.29 is 9.15 Å². The largest absolute Gasteiger partial charge is 0.443 e. The van der Waals surface area contributed by atoms with E-state index >= 15 is 0 Å². The van der Waals surface area contributed by atoms with Gasteiger partial charge in [0.1, 0.15) is 6.26 Å². The number of aliphatic imine (C=N–C) groups is 1. The van der Waals surface area contributed by atoms with Crippen LogP contribution in [0.1, 0.15) is 37.8 Å². The first-order chi connectivity index (χ1) is 14.3. The van der Waals surface area contributed by atoms with Crippen LogP contribution in [-0.4, -0.2) is 61.3 Å². The molecule has 0 aromatic carbocycles. The third-order valence-electron chi connectivity index (χ3n) is 6.00. The lowest BCUT2D eigenvalue weighted by Gasteiger charge is -2.48. The van der Waals surface area contributed by atoms with Crippen molar-refractivity contribution in [3.8, 4) is 10.8 Å². The first-order valence-electron chi connectivity index (χ1n) is 10.5. The number of oxazole rings is 1. The Bertz CT molecular complexity index is 777. The van der Waals surface area contributed by atoms with Gasteiger partial charge in [0.25, 0.3) is 0 Å². The van der Waals surface area contributed by atoms with Crippen molar-refractivity contribution in [2.24, 2.45) is 4.99 Å². The van der Waals surface area contributed by atoms with Crippen LogP contribution in [0.5, 0.6) is 0 Å². The average Bonchev–Trinajstić information content (AvgIpc) is 3.47. The van der Waals surface area contributed by atoms with Crippen LogP contribution >= 0.6 is 11.3 Å². The number of guanidine groups is 1. The van der Waals surface area contributed by atoms with Crippen molar-refractivity contribution >= 4 is 17.3 Å². The minimum atomic E-state index is 0.208. The van der Waals surface area contributed by atoms with E-state index in [1.807, 2.05) is 24.6 Å². The van der Waals surface area contributed by atoms with Gasteiger partial charge in [-0.15, -0.1) is 11.3 Å². The summed E-state index contributed by atoms with van der Waals surface area (Å²) >= 11 is 1.63. The van der Waals surface area contributed by atoms with Crippen molar-refractivity contribution in [3.05, 3.63) is 29.5 Å². The minimum absolute atomic E-state index is 0.208. The van der Waals surface area contributed by atoms with Crippen LogP contribution in [0.25, 0.3) is 10.8 Å². The molecule has 0 atom stereocenters. The maximum absolute atomic E-state index is 5.61. The zero-order valence-electron chi connectivity index (χ0n) is 17.2. The zero-order chi connectivity index (χ0) is 19.9. The van der Waals surface area contributed by atoms with Crippen LogP contribution in [-0.2, 0) is 11.3 Å². The lowest BCUT2D eigenvalue weighted by Crippen LogP contribution is -2.60. The molecule has 1 saturated heterocycles. The normalized spacial score (nSPS) is 20.5. The van der Waals surface area contributed by atoms with Crippen molar-refractivity contribution in [3.63, 3.8) is 0 Å². The van der Waals surface area contributed by atoms with Crippen molar-refractivity contribution in [2.75, 3.05) is 39.9 Å². The molecule has 0 unspecified atom stereocenters. The molecule has 2 aromatic rings. The second-order valence-electron chi connectivity index (χ2n) is 7.79. The Balaban J connectivity index is 1.33. The van der Waals surface area contributed by atoms with E-state index in [-0.39, 0.29) is 5.54 Å². The van der Waals surface area contributed by atoms with Gasteiger partial charge in [0.2, 0.25) is 5.89 Å². The summed E-state index contributed by atoms with van der Waals surface area (Å²) in [6.45, 7) is 5.22. The molecule has 1 saturated carbocycles.